The molecule has 1 amide bonds. The van der Waals surface area contributed by atoms with Gasteiger partial charge in [-0.25, -0.2) is 0 Å². The number of thiocarbonyl (C=S) groups is 1. The van der Waals surface area contributed by atoms with Crippen molar-refractivity contribution in [3.63, 3.8) is 0 Å². The third-order valence-corrected chi connectivity index (χ3v) is 2.98. The smallest absolute Gasteiger partial charge is 0.266 e. The molecule has 0 spiro atoms. The molecule has 1 aliphatic rings. The monoisotopic (exact) mass is 263 g/mol. The number of amides is 1. The lowest BCUT2D eigenvalue weighted by atomic mass is 10.0. The summed E-state index contributed by atoms with van der Waals surface area (Å²) in [6.45, 7) is 0. The van der Waals surface area contributed by atoms with Crippen LogP contribution in [0.15, 0.2) is 18.2 Å². The standard InChI is InChI=1S/C9H4Cl2FNOS/c10-7(11)4-2-1-3-5-6(4)8(14)13(12)9(5)15/h1-3,7H. The zero-order valence-corrected chi connectivity index (χ0v) is 9.54. The minimum Gasteiger partial charge on any atom is -0.266 e. The van der Waals surface area contributed by atoms with Crippen molar-refractivity contribution in [2.45, 2.75) is 4.84 Å². The van der Waals surface area contributed by atoms with Crippen molar-refractivity contribution < 1.29 is 9.28 Å². The Morgan fingerprint density at radius 3 is 2.67 bits per heavy atom. The second-order valence-corrected chi connectivity index (χ2v) is 4.44. The summed E-state index contributed by atoms with van der Waals surface area (Å²) in [5.41, 5.74) is 0.893. The molecule has 2 rings (SSSR count). The van der Waals surface area contributed by atoms with E-state index in [1.807, 2.05) is 0 Å². The lowest BCUT2D eigenvalue weighted by Gasteiger charge is -2.05. The number of alkyl halides is 2. The van der Waals surface area contributed by atoms with E-state index in [1.54, 1.807) is 18.2 Å². The molecular weight excluding hydrogens is 260 g/mol. The van der Waals surface area contributed by atoms with Crippen LogP contribution in [0.4, 0.5) is 4.48 Å². The third kappa shape index (κ3) is 1.53. The molecule has 0 radical (unpaired) electrons. The molecule has 1 heterocycles. The molecule has 0 unspecified atom stereocenters. The Morgan fingerprint density at radius 2 is 2.07 bits per heavy atom. The number of nitrogens with zero attached hydrogens (tertiary/aromatic N) is 1. The molecule has 0 fully saturated rings. The highest BCUT2D eigenvalue weighted by Gasteiger charge is 2.36. The first-order chi connectivity index (χ1) is 7.04. The summed E-state index contributed by atoms with van der Waals surface area (Å²) in [6.07, 6.45) is 0. The number of fused-ring (bicyclic) bond motifs is 1. The normalized spacial score (nSPS) is 15.1. The van der Waals surface area contributed by atoms with Gasteiger partial charge in [0.2, 0.25) is 0 Å². The minimum absolute atomic E-state index is 0.0698. The van der Waals surface area contributed by atoms with Crippen molar-refractivity contribution in [3.8, 4) is 0 Å². The van der Waals surface area contributed by atoms with Gasteiger partial charge in [0, 0.05) is 5.56 Å². The van der Waals surface area contributed by atoms with Crippen LogP contribution in [0.5, 0.6) is 0 Å². The number of carbonyl (C=O) groups is 1. The van der Waals surface area contributed by atoms with Gasteiger partial charge in [0.25, 0.3) is 5.91 Å². The first-order valence-electron chi connectivity index (χ1n) is 3.99. The van der Waals surface area contributed by atoms with E-state index in [4.69, 9.17) is 35.4 Å². The Labute approximate surface area is 101 Å². The van der Waals surface area contributed by atoms with Crippen molar-refractivity contribution in [3.05, 3.63) is 34.9 Å². The predicted octanol–water partition coefficient (Wildman–Crippen LogP) is 3.18. The molecule has 1 aromatic rings. The van der Waals surface area contributed by atoms with E-state index >= 15 is 0 Å². The number of carbonyl (C=O) groups excluding carboxylic acids is 1. The molecule has 0 atom stereocenters. The number of hydrogen-bond donors (Lipinski definition) is 0. The van der Waals surface area contributed by atoms with Crippen molar-refractivity contribution in [1.82, 2.24) is 5.12 Å². The predicted molar refractivity (Wildman–Crippen MR) is 59.9 cm³/mol. The van der Waals surface area contributed by atoms with E-state index in [0.717, 1.165) is 0 Å². The maximum absolute atomic E-state index is 13.2. The average molecular weight is 264 g/mol. The Balaban J connectivity index is 2.69. The summed E-state index contributed by atoms with van der Waals surface area (Å²) in [7, 11) is 0. The van der Waals surface area contributed by atoms with E-state index in [0.29, 0.717) is 11.1 Å². The first-order valence-corrected chi connectivity index (χ1v) is 5.27. The van der Waals surface area contributed by atoms with Gasteiger partial charge >= 0.3 is 0 Å². The number of hydrogen-bond acceptors (Lipinski definition) is 2. The maximum atomic E-state index is 13.2. The van der Waals surface area contributed by atoms with Gasteiger partial charge in [-0.05, 0) is 5.56 Å². The van der Waals surface area contributed by atoms with E-state index in [9.17, 15) is 9.28 Å². The highest BCUT2D eigenvalue weighted by Crippen LogP contribution is 2.34. The lowest BCUT2D eigenvalue weighted by Crippen LogP contribution is -2.19. The van der Waals surface area contributed by atoms with Crippen LogP contribution in [0.1, 0.15) is 26.3 Å². The molecule has 1 aliphatic heterocycles. The number of rotatable bonds is 1. The SMILES string of the molecule is O=C1c2c(cccc2C(Cl)Cl)C(=S)N1F. The first kappa shape index (κ1) is 10.8. The van der Waals surface area contributed by atoms with Gasteiger partial charge < -0.3 is 0 Å². The molecule has 6 heteroatoms. The van der Waals surface area contributed by atoms with Crippen LogP contribution < -0.4 is 0 Å². The molecule has 0 aromatic heterocycles. The number of benzene rings is 1. The van der Waals surface area contributed by atoms with Crippen LogP contribution in [-0.4, -0.2) is 16.0 Å². The fraction of sp³-hybridized carbons (Fsp3) is 0.111. The van der Waals surface area contributed by atoms with Crippen LogP contribution in [0.3, 0.4) is 0 Å². The quantitative estimate of drug-likeness (QED) is 0.441. The highest BCUT2D eigenvalue weighted by molar-refractivity contribution is 7.80. The molecule has 15 heavy (non-hydrogen) atoms. The molecule has 0 N–H and O–H groups in total. The second-order valence-electron chi connectivity index (χ2n) is 2.96. The topological polar surface area (TPSA) is 20.3 Å². The van der Waals surface area contributed by atoms with Crippen LogP contribution in [0.25, 0.3) is 0 Å². The zero-order valence-electron chi connectivity index (χ0n) is 7.21. The molecule has 2 nitrogen and oxygen atoms in total. The van der Waals surface area contributed by atoms with Crippen LogP contribution in [0, 0.1) is 0 Å². The maximum Gasteiger partial charge on any atom is 0.288 e. The van der Waals surface area contributed by atoms with Gasteiger partial charge in [-0.3, -0.25) is 4.79 Å². The molecule has 0 bridgehead atoms. The summed E-state index contributed by atoms with van der Waals surface area (Å²) >= 11 is 16.1. The van der Waals surface area contributed by atoms with Gasteiger partial charge in [0.15, 0.2) is 0 Å². The van der Waals surface area contributed by atoms with Crippen molar-refractivity contribution >= 4 is 46.3 Å². The Morgan fingerprint density at radius 1 is 1.40 bits per heavy atom. The summed E-state index contributed by atoms with van der Waals surface area (Å²) in [5.74, 6) is -0.808. The summed E-state index contributed by atoms with van der Waals surface area (Å²) in [6, 6.07) is 4.77. The summed E-state index contributed by atoms with van der Waals surface area (Å²) in [5, 5.41) is -0.0698. The van der Waals surface area contributed by atoms with E-state index in [2.05, 4.69) is 0 Å². The van der Waals surface area contributed by atoms with Crippen LogP contribution >= 0.6 is 35.4 Å². The Bertz CT molecular complexity index is 463. The molecule has 1 aromatic carbocycles. The Hall–Kier alpha value is -0.710. The van der Waals surface area contributed by atoms with E-state index in [-0.39, 0.29) is 15.7 Å². The van der Waals surface area contributed by atoms with Gasteiger partial charge in [-0.15, -0.1) is 28.3 Å². The lowest BCUT2D eigenvalue weighted by molar-refractivity contribution is 0.0572. The fourth-order valence-electron chi connectivity index (χ4n) is 1.47. The molecular formula is C9H4Cl2FNOS. The highest BCUT2D eigenvalue weighted by atomic mass is 35.5. The van der Waals surface area contributed by atoms with E-state index in [1.165, 1.54) is 0 Å². The Kier molecular flexibility index (Phi) is 2.66. The third-order valence-electron chi connectivity index (χ3n) is 2.13. The summed E-state index contributed by atoms with van der Waals surface area (Å²) in [4.78, 5) is 10.5. The summed E-state index contributed by atoms with van der Waals surface area (Å²) < 4.78 is 13.2. The average Bonchev–Trinajstić information content (AvgIpc) is 2.44. The number of halogens is 3. The molecule has 0 saturated carbocycles. The van der Waals surface area contributed by atoms with Crippen LogP contribution in [-0.2, 0) is 0 Å². The van der Waals surface area contributed by atoms with Gasteiger partial charge in [0.1, 0.15) is 9.82 Å². The largest absolute Gasteiger partial charge is 0.288 e. The van der Waals surface area contributed by atoms with Gasteiger partial charge in [-0.1, -0.05) is 34.9 Å². The minimum atomic E-state index is -0.877. The van der Waals surface area contributed by atoms with Crippen LogP contribution in [0.2, 0.25) is 0 Å². The zero-order chi connectivity index (χ0) is 11.2. The fourth-order valence-corrected chi connectivity index (χ4v) is 2.08. The molecule has 0 aliphatic carbocycles. The van der Waals surface area contributed by atoms with Crippen molar-refractivity contribution in [2.24, 2.45) is 0 Å². The van der Waals surface area contributed by atoms with Crippen molar-refractivity contribution in [2.75, 3.05) is 0 Å². The van der Waals surface area contributed by atoms with Gasteiger partial charge in [-0.2, -0.15) is 0 Å². The van der Waals surface area contributed by atoms with Crippen molar-refractivity contribution in [1.29, 1.82) is 0 Å². The van der Waals surface area contributed by atoms with E-state index < -0.39 is 10.7 Å². The molecule has 0 saturated heterocycles. The molecule has 78 valence electrons. The van der Waals surface area contributed by atoms with Gasteiger partial charge in [0.05, 0.1) is 5.56 Å². The second kappa shape index (κ2) is 3.70.